The fourth-order valence-electron chi connectivity index (χ4n) is 4.33. The molecule has 6 N–H and O–H groups in total. The van der Waals surface area contributed by atoms with E-state index >= 15 is 0 Å². The van der Waals surface area contributed by atoms with Crippen LogP contribution in [0.4, 0.5) is 5.82 Å². The second-order valence-corrected chi connectivity index (χ2v) is 8.18. The van der Waals surface area contributed by atoms with E-state index in [-0.39, 0.29) is 24.1 Å². The maximum absolute atomic E-state index is 10.4. The summed E-state index contributed by atoms with van der Waals surface area (Å²) in [6.07, 6.45) is -2.47. The molecule has 12 heteroatoms. The molecule has 0 radical (unpaired) electrons. The maximum atomic E-state index is 10.4. The van der Waals surface area contributed by atoms with Crippen molar-refractivity contribution in [3.05, 3.63) is 35.8 Å². The number of ether oxygens (including phenoxy) is 3. The molecule has 5 rings (SSSR count). The molecule has 4 atom stereocenters. The number of methoxy groups -OCH3 is 1. The number of hydrogen-bond donors (Lipinski definition) is 5. The van der Waals surface area contributed by atoms with Crippen molar-refractivity contribution in [2.45, 2.75) is 37.9 Å². The molecule has 1 aliphatic heterocycles. The molecular formula is C22H26N6O6. The van der Waals surface area contributed by atoms with E-state index in [1.165, 1.54) is 10.9 Å². The zero-order valence-corrected chi connectivity index (χ0v) is 18.7. The molecule has 4 heterocycles. The van der Waals surface area contributed by atoms with Crippen molar-refractivity contribution in [3.8, 4) is 11.8 Å². The van der Waals surface area contributed by atoms with Crippen molar-refractivity contribution in [3.63, 3.8) is 0 Å². The fraction of sp³-hybridized carbons (Fsp3) is 0.409. The quantitative estimate of drug-likeness (QED) is 0.255. The molecule has 0 spiro atoms. The van der Waals surface area contributed by atoms with E-state index in [4.69, 9.17) is 19.9 Å². The van der Waals surface area contributed by atoms with Crippen LogP contribution in [0.5, 0.6) is 11.8 Å². The highest BCUT2D eigenvalue weighted by Gasteiger charge is 2.44. The monoisotopic (exact) mass is 470 g/mol. The number of nitrogens with two attached hydrogens (primary N) is 1. The van der Waals surface area contributed by atoms with Crippen LogP contribution in [-0.4, -0.2) is 78.5 Å². The summed E-state index contributed by atoms with van der Waals surface area (Å²) < 4.78 is 18.2. The van der Waals surface area contributed by atoms with Gasteiger partial charge in [0.2, 0.25) is 0 Å². The Morgan fingerprint density at radius 1 is 1.24 bits per heavy atom. The van der Waals surface area contributed by atoms with Gasteiger partial charge in [0.1, 0.15) is 24.1 Å². The van der Waals surface area contributed by atoms with Gasteiger partial charge in [-0.3, -0.25) is 4.57 Å². The van der Waals surface area contributed by atoms with Crippen molar-refractivity contribution in [2.75, 3.05) is 26.1 Å². The van der Waals surface area contributed by atoms with Gasteiger partial charge in [0.05, 0.1) is 26.7 Å². The normalized spacial score (nSPS) is 22.6. The van der Waals surface area contributed by atoms with Gasteiger partial charge in [-0.15, -0.1) is 0 Å². The minimum Gasteiger partial charge on any atom is -0.497 e. The second-order valence-electron chi connectivity index (χ2n) is 8.18. The fourth-order valence-corrected chi connectivity index (χ4v) is 4.33. The molecule has 1 aliphatic rings. The molecule has 180 valence electrons. The van der Waals surface area contributed by atoms with Crippen LogP contribution in [0.25, 0.3) is 22.1 Å². The lowest BCUT2D eigenvalue weighted by molar-refractivity contribution is -0.0511. The lowest BCUT2D eigenvalue weighted by atomic mass is 10.1. The molecule has 1 fully saturated rings. The van der Waals surface area contributed by atoms with Gasteiger partial charge in [0.15, 0.2) is 23.2 Å². The van der Waals surface area contributed by atoms with Crippen LogP contribution in [0.3, 0.4) is 0 Å². The van der Waals surface area contributed by atoms with E-state index in [2.05, 4.69) is 19.9 Å². The van der Waals surface area contributed by atoms with Crippen molar-refractivity contribution in [2.24, 2.45) is 0 Å². The number of aromatic nitrogens is 5. The van der Waals surface area contributed by atoms with Gasteiger partial charge in [-0.1, -0.05) is 0 Å². The van der Waals surface area contributed by atoms with Gasteiger partial charge >= 0.3 is 6.01 Å². The first-order valence-corrected chi connectivity index (χ1v) is 10.8. The van der Waals surface area contributed by atoms with E-state index in [0.29, 0.717) is 11.9 Å². The summed E-state index contributed by atoms with van der Waals surface area (Å²) in [4.78, 5) is 16.2. The number of fused-ring (bicyclic) bond motifs is 2. The van der Waals surface area contributed by atoms with Crippen LogP contribution in [-0.2, 0) is 11.2 Å². The van der Waals surface area contributed by atoms with Gasteiger partial charge < -0.3 is 40.2 Å². The molecule has 4 aromatic rings. The molecule has 12 nitrogen and oxygen atoms in total. The highest BCUT2D eigenvalue weighted by molar-refractivity contribution is 5.86. The van der Waals surface area contributed by atoms with Gasteiger partial charge in [-0.2, -0.15) is 9.97 Å². The first kappa shape index (κ1) is 22.3. The number of anilines is 1. The zero-order valence-electron chi connectivity index (χ0n) is 18.7. The summed E-state index contributed by atoms with van der Waals surface area (Å²) in [5.74, 6) is 0.881. The van der Waals surface area contributed by atoms with Crippen LogP contribution in [0.2, 0.25) is 0 Å². The Kier molecular flexibility index (Phi) is 5.73. The molecule has 0 bridgehead atoms. The summed E-state index contributed by atoms with van der Waals surface area (Å²) in [5.41, 5.74) is 9.80. The molecular weight excluding hydrogens is 444 g/mol. The van der Waals surface area contributed by atoms with Crippen molar-refractivity contribution < 1.29 is 29.5 Å². The largest absolute Gasteiger partial charge is 0.497 e. The van der Waals surface area contributed by atoms with Crippen LogP contribution in [0, 0.1) is 6.92 Å². The summed E-state index contributed by atoms with van der Waals surface area (Å²) in [5, 5.41) is 30.9. The number of nitrogens with zero attached hydrogens (tertiary/aromatic N) is 4. The standard InChI is InChI=1S/C22H26N6O6/c1-10-12(13-7-11(32-2)3-4-14(13)25-10)5-6-33-22-26-19(23)16-20(27-22)28(9-24-16)21-18(31)17(30)15(8-29)34-21/h3-4,7,9,15,17-18,21,25,29-31H,5-6,8H2,1-2H3,(H2,23,26,27)/t15-,17-,18-,21-/m1/s1. The maximum Gasteiger partial charge on any atom is 0.320 e. The summed E-state index contributed by atoms with van der Waals surface area (Å²) in [6, 6.07) is 5.91. The van der Waals surface area contributed by atoms with Crippen LogP contribution in [0.15, 0.2) is 24.5 Å². The molecule has 0 unspecified atom stereocenters. The van der Waals surface area contributed by atoms with Crippen molar-refractivity contribution in [1.82, 2.24) is 24.5 Å². The smallest absolute Gasteiger partial charge is 0.320 e. The van der Waals surface area contributed by atoms with E-state index in [9.17, 15) is 15.3 Å². The Morgan fingerprint density at radius 2 is 2.06 bits per heavy atom. The number of aliphatic hydroxyl groups excluding tert-OH is 3. The number of aryl methyl sites for hydroxylation is 1. The van der Waals surface area contributed by atoms with Crippen LogP contribution >= 0.6 is 0 Å². The zero-order chi connectivity index (χ0) is 24.0. The Hall–Kier alpha value is -3.45. The topological polar surface area (TPSA) is 174 Å². The lowest BCUT2D eigenvalue weighted by Gasteiger charge is -2.16. The Morgan fingerprint density at radius 3 is 2.79 bits per heavy atom. The minimum absolute atomic E-state index is 0.0496. The third-order valence-corrected chi connectivity index (χ3v) is 6.13. The highest BCUT2D eigenvalue weighted by Crippen LogP contribution is 2.32. The lowest BCUT2D eigenvalue weighted by Crippen LogP contribution is -2.33. The van der Waals surface area contributed by atoms with E-state index in [1.807, 2.05) is 25.1 Å². The number of aliphatic hydroxyl groups is 3. The van der Waals surface area contributed by atoms with Crippen LogP contribution in [0.1, 0.15) is 17.5 Å². The summed E-state index contributed by atoms with van der Waals surface area (Å²) in [6.45, 7) is 1.85. The Labute approximate surface area is 193 Å². The molecule has 3 aromatic heterocycles. The number of hydrogen-bond acceptors (Lipinski definition) is 10. The molecule has 1 saturated heterocycles. The molecule has 0 amide bonds. The van der Waals surface area contributed by atoms with E-state index in [0.717, 1.165) is 27.9 Å². The molecule has 1 aromatic carbocycles. The SMILES string of the molecule is COc1ccc2[nH]c(C)c(CCOc3nc(N)c4ncn([C@@H]5O[C@H](CO)[C@@H](O)[C@H]5O)c4n3)c2c1. The first-order chi connectivity index (χ1) is 16.4. The van der Waals surface area contributed by atoms with E-state index < -0.39 is 31.1 Å². The highest BCUT2D eigenvalue weighted by atomic mass is 16.6. The van der Waals surface area contributed by atoms with Gasteiger partial charge in [-0.25, -0.2) is 4.98 Å². The predicted molar refractivity (Wildman–Crippen MR) is 122 cm³/mol. The number of nitrogens with one attached hydrogen (secondary N) is 1. The molecule has 0 aliphatic carbocycles. The minimum atomic E-state index is -1.28. The molecule has 0 saturated carbocycles. The third-order valence-electron chi connectivity index (χ3n) is 6.13. The number of aromatic amines is 1. The Bertz CT molecular complexity index is 1340. The van der Waals surface area contributed by atoms with Gasteiger partial charge in [0.25, 0.3) is 0 Å². The number of rotatable bonds is 7. The number of imidazole rings is 1. The number of H-pyrrole nitrogens is 1. The molecule has 34 heavy (non-hydrogen) atoms. The summed E-state index contributed by atoms with van der Waals surface area (Å²) in [7, 11) is 1.63. The van der Waals surface area contributed by atoms with Crippen molar-refractivity contribution >= 4 is 27.9 Å². The summed E-state index contributed by atoms with van der Waals surface area (Å²) >= 11 is 0. The Balaban J connectivity index is 1.38. The first-order valence-electron chi connectivity index (χ1n) is 10.8. The average molecular weight is 470 g/mol. The predicted octanol–water partition coefficient (Wildman–Crippen LogP) is 0.440. The number of nitrogen functional groups attached to an aromatic ring is 1. The average Bonchev–Trinajstić information content (AvgIpc) is 3.48. The third kappa shape index (κ3) is 3.70. The van der Waals surface area contributed by atoms with Crippen LogP contribution < -0.4 is 15.2 Å². The van der Waals surface area contributed by atoms with Gasteiger partial charge in [0, 0.05) is 23.0 Å². The van der Waals surface area contributed by atoms with E-state index in [1.54, 1.807) is 7.11 Å². The second kappa shape index (κ2) is 8.72. The number of benzene rings is 1. The van der Waals surface area contributed by atoms with Gasteiger partial charge in [-0.05, 0) is 30.7 Å². The van der Waals surface area contributed by atoms with Crippen molar-refractivity contribution in [1.29, 1.82) is 0 Å².